The second kappa shape index (κ2) is 11.6. The van der Waals surface area contributed by atoms with E-state index < -0.39 is 0 Å². The second-order valence-electron chi connectivity index (χ2n) is 10.8. The van der Waals surface area contributed by atoms with Crippen molar-refractivity contribution in [1.29, 1.82) is 0 Å². The maximum absolute atomic E-state index is 13.2. The maximum Gasteiger partial charge on any atom is 0.258 e. The summed E-state index contributed by atoms with van der Waals surface area (Å²) < 4.78 is 4.21. The van der Waals surface area contributed by atoms with Crippen molar-refractivity contribution in [1.82, 2.24) is 34.1 Å². The van der Waals surface area contributed by atoms with Gasteiger partial charge in [-0.15, -0.1) is 0 Å². The number of hydrogen-bond acceptors (Lipinski definition) is 6. The van der Waals surface area contributed by atoms with E-state index >= 15 is 0 Å². The molecule has 6 rings (SSSR count). The van der Waals surface area contributed by atoms with Crippen molar-refractivity contribution in [3.05, 3.63) is 61.1 Å². The molecule has 0 radical (unpaired) electrons. The highest BCUT2D eigenvalue weighted by Gasteiger charge is 2.28. The largest absolute Gasteiger partial charge is 0.337 e. The first-order valence-electron chi connectivity index (χ1n) is 14.3. The molecule has 0 bridgehead atoms. The van der Waals surface area contributed by atoms with Crippen LogP contribution in [0.4, 0.5) is 5.95 Å². The number of rotatable bonds is 7. The second-order valence-corrected chi connectivity index (χ2v) is 10.8. The van der Waals surface area contributed by atoms with E-state index in [-0.39, 0.29) is 17.9 Å². The minimum atomic E-state index is -0.250. The predicted molar refractivity (Wildman–Crippen MR) is 155 cm³/mol. The molecule has 2 amide bonds. The number of anilines is 1. The Balaban J connectivity index is 1.41. The van der Waals surface area contributed by atoms with Gasteiger partial charge in [0.25, 0.3) is 5.91 Å². The fourth-order valence-corrected chi connectivity index (χ4v) is 6.12. The van der Waals surface area contributed by atoms with Crippen LogP contribution in [0.25, 0.3) is 21.9 Å². The van der Waals surface area contributed by atoms with Gasteiger partial charge in [0.1, 0.15) is 0 Å². The number of amides is 2. The highest BCUT2D eigenvalue weighted by molar-refractivity contribution is 6.07. The van der Waals surface area contributed by atoms with E-state index in [2.05, 4.69) is 37.1 Å². The van der Waals surface area contributed by atoms with Gasteiger partial charge in [0.2, 0.25) is 11.9 Å². The third-order valence-electron chi connectivity index (χ3n) is 8.22. The third-order valence-corrected chi connectivity index (χ3v) is 8.22. The van der Waals surface area contributed by atoms with Crippen LogP contribution in [0.1, 0.15) is 54.9 Å². The van der Waals surface area contributed by atoms with Crippen LogP contribution in [0.15, 0.2) is 55.5 Å². The Morgan fingerprint density at radius 1 is 1.00 bits per heavy atom. The lowest BCUT2D eigenvalue weighted by molar-refractivity contribution is -0.126. The number of aromatic nitrogens is 5. The first kappa shape index (κ1) is 26.2. The number of nitrogens with zero attached hydrogens (tertiary/aromatic N) is 7. The Morgan fingerprint density at radius 2 is 1.80 bits per heavy atom. The van der Waals surface area contributed by atoms with Crippen LogP contribution in [0.2, 0.25) is 0 Å². The molecule has 2 fully saturated rings. The molecular weight excluding hydrogens is 504 g/mol. The average molecular weight is 541 g/mol. The number of hydrogen-bond donors (Lipinski definition) is 1. The van der Waals surface area contributed by atoms with E-state index in [1.165, 1.54) is 25.3 Å². The maximum atomic E-state index is 13.2. The number of likely N-dealkylation sites (tertiary alicyclic amines) is 2. The number of piperidine rings is 1. The molecule has 208 valence electrons. The van der Waals surface area contributed by atoms with Gasteiger partial charge in [0.05, 0.1) is 35.3 Å². The van der Waals surface area contributed by atoms with Crippen LogP contribution in [0, 0.1) is 0 Å². The summed E-state index contributed by atoms with van der Waals surface area (Å²) in [5.74, 6) is 0.151. The van der Waals surface area contributed by atoms with Crippen LogP contribution >= 0.6 is 0 Å². The Morgan fingerprint density at radius 3 is 2.60 bits per heavy atom. The number of fused-ring (bicyclic) bond motifs is 3. The SMILES string of the molecule is C=CC(=O)N1CCCC[C@@H](n2c(NC(=O)c3ccncc3)nc3ccc4c(cnn4CCN4CCCCC4)c32)C1. The summed E-state index contributed by atoms with van der Waals surface area (Å²) in [5, 5.41) is 8.84. The number of imidazole rings is 1. The van der Waals surface area contributed by atoms with E-state index in [4.69, 9.17) is 10.1 Å². The normalized spacial score (nSPS) is 18.6. The molecule has 5 heterocycles. The molecule has 2 saturated heterocycles. The van der Waals surface area contributed by atoms with Gasteiger partial charge in [0.15, 0.2) is 0 Å². The van der Waals surface area contributed by atoms with Crippen LogP contribution in [0.3, 0.4) is 0 Å². The molecule has 0 unspecified atom stereocenters. The molecule has 3 aromatic heterocycles. The summed E-state index contributed by atoms with van der Waals surface area (Å²) in [7, 11) is 0. The first-order chi connectivity index (χ1) is 19.6. The van der Waals surface area contributed by atoms with E-state index in [1.807, 2.05) is 17.2 Å². The summed E-state index contributed by atoms with van der Waals surface area (Å²) >= 11 is 0. The van der Waals surface area contributed by atoms with Crippen molar-refractivity contribution in [2.24, 2.45) is 0 Å². The van der Waals surface area contributed by atoms with Gasteiger partial charge in [-0.2, -0.15) is 5.10 Å². The summed E-state index contributed by atoms with van der Waals surface area (Å²) in [6, 6.07) is 7.39. The zero-order valence-electron chi connectivity index (χ0n) is 22.8. The van der Waals surface area contributed by atoms with Crippen molar-refractivity contribution in [3.63, 3.8) is 0 Å². The Hall–Kier alpha value is -4.05. The minimum absolute atomic E-state index is 0.0635. The molecule has 1 N–H and O–H groups in total. The molecule has 2 aliphatic heterocycles. The predicted octanol–water partition coefficient (Wildman–Crippen LogP) is 4.26. The number of benzene rings is 1. The minimum Gasteiger partial charge on any atom is -0.337 e. The fourth-order valence-electron chi connectivity index (χ4n) is 6.12. The zero-order chi connectivity index (χ0) is 27.5. The highest BCUT2D eigenvalue weighted by Crippen LogP contribution is 2.34. The number of carbonyl (C=O) groups is 2. The van der Waals surface area contributed by atoms with Crippen LogP contribution in [-0.2, 0) is 11.3 Å². The fraction of sp³-hybridized carbons (Fsp3) is 0.433. The molecular formula is C30H36N8O2. The molecule has 0 saturated carbocycles. The summed E-state index contributed by atoms with van der Waals surface area (Å²) in [6.45, 7) is 9.01. The third kappa shape index (κ3) is 5.23. The monoisotopic (exact) mass is 540 g/mol. The lowest BCUT2D eigenvalue weighted by atomic mass is 10.1. The van der Waals surface area contributed by atoms with E-state index in [0.29, 0.717) is 24.6 Å². The Labute approximate surface area is 233 Å². The molecule has 40 heavy (non-hydrogen) atoms. The Kier molecular flexibility index (Phi) is 7.59. The van der Waals surface area contributed by atoms with Crippen LogP contribution < -0.4 is 5.32 Å². The van der Waals surface area contributed by atoms with Crippen molar-refractivity contribution in [2.75, 3.05) is 38.0 Å². The van der Waals surface area contributed by atoms with Gasteiger partial charge >= 0.3 is 0 Å². The van der Waals surface area contributed by atoms with Crippen molar-refractivity contribution in [3.8, 4) is 0 Å². The lowest BCUT2D eigenvalue weighted by Gasteiger charge is -2.26. The number of carbonyl (C=O) groups excluding carboxylic acids is 2. The standard InChI is InChI=1S/C30H36N8O2/c1-2-27(39)36-17-7-4-8-23(21-36)38-28-24-20-32-37(19-18-35-15-5-3-6-16-35)26(24)10-9-25(28)33-30(38)34-29(40)22-11-13-31-14-12-22/h2,9-14,20,23H,1,3-8,15-19,21H2,(H,33,34,40)/t23-/m1/s1. The molecule has 4 aromatic rings. The van der Waals surface area contributed by atoms with Gasteiger partial charge in [-0.1, -0.05) is 13.0 Å². The zero-order valence-corrected chi connectivity index (χ0v) is 22.8. The van der Waals surface area contributed by atoms with Gasteiger partial charge in [-0.25, -0.2) is 4.98 Å². The van der Waals surface area contributed by atoms with Crippen LogP contribution in [-0.4, -0.2) is 78.7 Å². The topological polar surface area (TPSA) is 101 Å². The van der Waals surface area contributed by atoms with Gasteiger partial charge in [-0.05, 0) is 75.5 Å². The van der Waals surface area contributed by atoms with Crippen LogP contribution in [0.5, 0.6) is 0 Å². The molecule has 1 aromatic carbocycles. The molecule has 10 heteroatoms. The quantitative estimate of drug-likeness (QED) is 0.352. The smallest absolute Gasteiger partial charge is 0.258 e. The van der Waals surface area contributed by atoms with E-state index in [1.54, 1.807) is 24.5 Å². The van der Waals surface area contributed by atoms with Gasteiger partial charge < -0.3 is 14.4 Å². The highest BCUT2D eigenvalue weighted by atomic mass is 16.2. The molecule has 2 aliphatic rings. The van der Waals surface area contributed by atoms with E-state index in [9.17, 15) is 9.59 Å². The first-order valence-corrected chi connectivity index (χ1v) is 14.3. The van der Waals surface area contributed by atoms with Crippen molar-refractivity contribution < 1.29 is 9.59 Å². The average Bonchev–Trinajstić information content (AvgIpc) is 3.48. The van der Waals surface area contributed by atoms with Gasteiger partial charge in [0, 0.05) is 43.0 Å². The summed E-state index contributed by atoms with van der Waals surface area (Å²) in [4.78, 5) is 39.2. The number of nitrogens with one attached hydrogen (secondary N) is 1. The Bertz CT molecular complexity index is 1520. The molecule has 1 atom stereocenters. The van der Waals surface area contributed by atoms with Crippen molar-refractivity contribution >= 4 is 39.7 Å². The van der Waals surface area contributed by atoms with Crippen molar-refractivity contribution in [2.45, 2.75) is 51.1 Å². The summed E-state index contributed by atoms with van der Waals surface area (Å²) in [6.07, 6.45) is 13.1. The van der Waals surface area contributed by atoms with Gasteiger partial charge in [-0.3, -0.25) is 24.6 Å². The summed E-state index contributed by atoms with van der Waals surface area (Å²) in [5.41, 5.74) is 3.28. The lowest BCUT2D eigenvalue weighted by Crippen LogP contribution is -2.34. The molecule has 10 nitrogen and oxygen atoms in total. The molecule has 0 aliphatic carbocycles. The number of pyridine rings is 1. The van der Waals surface area contributed by atoms with E-state index in [0.717, 1.165) is 67.4 Å². The molecule has 0 spiro atoms.